The maximum atomic E-state index is 13.2. The van der Waals surface area contributed by atoms with Gasteiger partial charge in [0.25, 0.3) is 0 Å². The molecule has 2 aromatic heterocycles. The lowest BCUT2D eigenvalue weighted by molar-refractivity contribution is -0.146. The van der Waals surface area contributed by atoms with Crippen LogP contribution in [0.2, 0.25) is 0 Å². The monoisotopic (exact) mass is 393 g/mol. The number of likely N-dealkylation sites (tertiary alicyclic amines) is 1. The van der Waals surface area contributed by atoms with E-state index in [1.165, 1.54) is 32.2 Å². The average molecular weight is 393 g/mol. The van der Waals surface area contributed by atoms with Crippen molar-refractivity contribution in [3.05, 3.63) is 40.0 Å². The third-order valence-corrected chi connectivity index (χ3v) is 5.34. The quantitative estimate of drug-likeness (QED) is 0.635. The number of piperidine rings is 1. The van der Waals surface area contributed by atoms with Crippen LogP contribution < -0.4 is 5.43 Å². The minimum Gasteiger partial charge on any atom is -0.458 e. The fraction of sp³-hybridized carbons (Fsp3) is 0.421. The van der Waals surface area contributed by atoms with Crippen molar-refractivity contribution in [3.8, 4) is 0 Å². The summed E-state index contributed by atoms with van der Waals surface area (Å²) in [4.78, 5) is 29.5. The molecule has 1 fully saturated rings. The van der Waals surface area contributed by atoms with Crippen LogP contribution in [0.5, 0.6) is 0 Å². The van der Waals surface area contributed by atoms with Crippen LogP contribution in [-0.2, 0) is 18.0 Å². The lowest BCUT2D eigenvalue weighted by atomic mass is 9.93. The molecule has 28 heavy (non-hydrogen) atoms. The van der Waals surface area contributed by atoms with Gasteiger partial charge in [0.1, 0.15) is 11.3 Å². The van der Waals surface area contributed by atoms with E-state index >= 15 is 0 Å². The number of aryl methyl sites for hydroxylation is 1. The van der Waals surface area contributed by atoms with Crippen molar-refractivity contribution in [1.82, 2.24) is 14.5 Å². The molecule has 4 rings (SSSR count). The number of halogens is 3. The molecule has 1 aromatic carbocycles. The van der Waals surface area contributed by atoms with E-state index < -0.39 is 12.0 Å². The largest absolute Gasteiger partial charge is 0.458 e. The third kappa shape index (κ3) is 2.94. The summed E-state index contributed by atoms with van der Waals surface area (Å²) in [6.45, 7) is 2.61. The Balaban J connectivity index is 1.85. The van der Waals surface area contributed by atoms with E-state index in [-0.39, 0.29) is 39.3 Å². The van der Waals surface area contributed by atoms with Gasteiger partial charge in [-0.2, -0.15) is 13.2 Å². The van der Waals surface area contributed by atoms with Crippen LogP contribution >= 0.6 is 0 Å². The van der Waals surface area contributed by atoms with Crippen LogP contribution in [0.3, 0.4) is 0 Å². The summed E-state index contributed by atoms with van der Waals surface area (Å²) in [6.07, 6.45) is -3.36. The van der Waals surface area contributed by atoms with Crippen LogP contribution in [-0.4, -0.2) is 33.4 Å². The van der Waals surface area contributed by atoms with Crippen LogP contribution in [0.15, 0.2) is 27.4 Å². The number of carbonyl (C=O) groups excluding carboxylic acids is 1. The first-order valence-corrected chi connectivity index (χ1v) is 8.92. The molecular formula is C19H18F3N3O3. The van der Waals surface area contributed by atoms with Crippen molar-refractivity contribution >= 4 is 27.9 Å². The second kappa shape index (κ2) is 6.35. The Morgan fingerprint density at radius 3 is 2.54 bits per heavy atom. The zero-order chi connectivity index (χ0) is 20.2. The van der Waals surface area contributed by atoms with Crippen molar-refractivity contribution in [3.63, 3.8) is 0 Å². The maximum Gasteiger partial charge on any atom is 0.449 e. The first kappa shape index (κ1) is 18.5. The summed E-state index contributed by atoms with van der Waals surface area (Å²) in [5.41, 5.74) is 0.0698. The molecule has 3 heterocycles. The Labute approximate surface area is 157 Å². The first-order chi connectivity index (χ1) is 13.2. The van der Waals surface area contributed by atoms with E-state index in [1.54, 1.807) is 4.90 Å². The van der Waals surface area contributed by atoms with Gasteiger partial charge in [0.2, 0.25) is 11.7 Å². The average Bonchev–Trinajstić information content (AvgIpc) is 2.99. The Bertz CT molecular complexity index is 1140. The molecule has 0 saturated carbocycles. The molecule has 9 heteroatoms. The molecule has 0 radical (unpaired) electrons. The highest BCUT2D eigenvalue weighted by atomic mass is 19.4. The first-order valence-electron chi connectivity index (χ1n) is 8.92. The number of amides is 1. The number of fused-ring (bicyclic) bond motifs is 3. The van der Waals surface area contributed by atoms with Gasteiger partial charge in [0.05, 0.1) is 10.9 Å². The zero-order valence-corrected chi connectivity index (χ0v) is 15.3. The molecule has 0 spiro atoms. The Morgan fingerprint density at radius 1 is 1.25 bits per heavy atom. The summed E-state index contributed by atoms with van der Waals surface area (Å²) in [5, 5.41) is 0.217. The maximum absolute atomic E-state index is 13.2. The number of benzene rings is 1. The molecular weight excluding hydrogens is 375 g/mol. The summed E-state index contributed by atoms with van der Waals surface area (Å²) >= 11 is 0. The van der Waals surface area contributed by atoms with Gasteiger partial charge in [0.15, 0.2) is 11.0 Å². The fourth-order valence-electron chi connectivity index (χ4n) is 3.86. The number of alkyl halides is 3. The second-order valence-corrected chi connectivity index (χ2v) is 7.10. The lowest BCUT2D eigenvalue weighted by Crippen LogP contribution is -2.36. The molecule has 1 saturated heterocycles. The van der Waals surface area contributed by atoms with Gasteiger partial charge in [-0.3, -0.25) is 9.59 Å². The van der Waals surface area contributed by atoms with Gasteiger partial charge in [-0.05, 0) is 25.0 Å². The highest BCUT2D eigenvalue weighted by Gasteiger charge is 2.37. The Morgan fingerprint density at radius 2 is 1.93 bits per heavy atom. The van der Waals surface area contributed by atoms with Crippen LogP contribution in [0.1, 0.15) is 37.3 Å². The number of aromatic nitrogens is 2. The van der Waals surface area contributed by atoms with Crippen molar-refractivity contribution in [2.75, 3.05) is 13.1 Å². The SMILES string of the molecule is CC(=O)N1CCC(c2cc(=O)c3ccc4nc(C(F)(F)F)n(C)c4c3o2)CC1. The molecule has 1 amide bonds. The second-order valence-electron chi connectivity index (χ2n) is 7.10. The number of carbonyl (C=O) groups is 1. The third-order valence-electron chi connectivity index (χ3n) is 5.34. The molecule has 0 unspecified atom stereocenters. The van der Waals surface area contributed by atoms with Gasteiger partial charge in [-0.1, -0.05) is 0 Å². The Kier molecular flexibility index (Phi) is 4.20. The minimum atomic E-state index is -4.61. The number of hydrogen-bond donors (Lipinski definition) is 0. The van der Waals surface area contributed by atoms with Gasteiger partial charge < -0.3 is 13.9 Å². The van der Waals surface area contributed by atoms with E-state index in [0.717, 1.165) is 4.57 Å². The molecule has 0 bridgehead atoms. The molecule has 0 aliphatic carbocycles. The number of rotatable bonds is 1. The van der Waals surface area contributed by atoms with Crippen molar-refractivity contribution in [2.45, 2.75) is 31.9 Å². The smallest absolute Gasteiger partial charge is 0.449 e. The standard InChI is InChI=1S/C19H18F3N3O3/c1-10(26)25-7-5-11(6-8-25)15-9-14(27)12-3-4-13-16(17(12)28-15)24(2)18(23-13)19(20,21)22/h3-4,9,11H,5-8H2,1-2H3. The lowest BCUT2D eigenvalue weighted by Gasteiger charge is -2.30. The van der Waals surface area contributed by atoms with Crippen LogP contribution in [0.4, 0.5) is 13.2 Å². The molecule has 148 valence electrons. The van der Waals surface area contributed by atoms with Crippen LogP contribution in [0, 0.1) is 0 Å². The van der Waals surface area contributed by atoms with Gasteiger partial charge in [0, 0.05) is 39.0 Å². The highest BCUT2D eigenvalue weighted by molar-refractivity contribution is 6.00. The topological polar surface area (TPSA) is 68.3 Å². The predicted octanol–water partition coefficient (Wildman–Crippen LogP) is 3.42. The normalized spacial score (nSPS) is 16.2. The molecule has 1 aliphatic heterocycles. The van der Waals surface area contributed by atoms with Gasteiger partial charge >= 0.3 is 6.18 Å². The van der Waals surface area contributed by atoms with E-state index in [1.807, 2.05) is 0 Å². The van der Waals surface area contributed by atoms with Gasteiger partial charge in [-0.25, -0.2) is 4.98 Å². The Hall–Kier alpha value is -2.84. The summed E-state index contributed by atoms with van der Waals surface area (Å²) < 4.78 is 46.6. The molecule has 0 N–H and O–H groups in total. The molecule has 3 aromatic rings. The van der Waals surface area contributed by atoms with Gasteiger partial charge in [-0.15, -0.1) is 0 Å². The van der Waals surface area contributed by atoms with E-state index in [9.17, 15) is 22.8 Å². The van der Waals surface area contributed by atoms with Crippen molar-refractivity contribution in [1.29, 1.82) is 0 Å². The fourth-order valence-corrected chi connectivity index (χ4v) is 3.86. The molecule has 0 atom stereocenters. The van der Waals surface area contributed by atoms with Crippen LogP contribution in [0.25, 0.3) is 22.0 Å². The van der Waals surface area contributed by atoms with Crippen molar-refractivity contribution < 1.29 is 22.4 Å². The molecule has 6 nitrogen and oxygen atoms in total. The number of hydrogen-bond acceptors (Lipinski definition) is 4. The predicted molar refractivity (Wildman–Crippen MR) is 96.0 cm³/mol. The highest BCUT2D eigenvalue weighted by Crippen LogP contribution is 2.35. The summed E-state index contributed by atoms with van der Waals surface area (Å²) in [7, 11) is 1.26. The number of imidazole rings is 1. The van der Waals surface area contributed by atoms with Crippen molar-refractivity contribution in [2.24, 2.45) is 7.05 Å². The zero-order valence-electron chi connectivity index (χ0n) is 15.3. The number of nitrogens with zero attached hydrogens (tertiary/aromatic N) is 3. The summed E-state index contributed by atoms with van der Waals surface area (Å²) in [6, 6.07) is 4.25. The van der Waals surface area contributed by atoms with E-state index in [2.05, 4.69) is 4.98 Å². The minimum absolute atomic E-state index is 0.00492. The summed E-state index contributed by atoms with van der Waals surface area (Å²) in [5.74, 6) is -0.686. The molecule has 1 aliphatic rings. The van der Waals surface area contributed by atoms with E-state index in [4.69, 9.17) is 4.42 Å². The van der Waals surface area contributed by atoms with E-state index in [0.29, 0.717) is 31.7 Å².